The van der Waals surface area contributed by atoms with Crippen molar-refractivity contribution < 1.29 is 22.0 Å². The molecule has 2 heterocycles. The first-order valence-electron chi connectivity index (χ1n) is 16.4. The molecule has 15 heteroatoms. The second kappa shape index (κ2) is 17.6. The first-order valence-corrected chi connectivity index (χ1v) is 16.4. The Bertz CT molecular complexity index is 2170. The molecule has 0 aliphatic carbocycles. The molecule has 0 fully saturated rings. The molecule has 0 spiro atoms. The summed E-state index contributed by atoms with van der Waals surface area (Å²) in [5.74, 6) is -2.20. The van der Waals surface area contributed by atoms with Gasteiger partial charge in [-0.1, -0.05) is 13.8 Å². The van der Waals surface area contributed by atoms with E-state index in [0.29, 0.717) is 50.8 Å². The Balaban J connectivity index is 0.000000230. The summed E-state index contributed by atoms with van der Waals surface area (Å²) in [4.78, 5) is 17.1. The number of nitrogens with zero attached hydrogens (tertiary/aromatic N) is 4. The van der Waals surface area contributed by atoms with Gasteiger partial charge in [0.25, 0.3) is 0 Å². The van der Waals surface area contributed by atoms with Crippen molar-refractivity contribution in [1.29, 1.82) is 10.8 Å². The molecule has 6 aromatic rings. The molecule has 54 heavy (non-hydrogen) atoms. The Hall–Kier alpha value is -6.77. The zero-order valence-electron chi connectivity index (χ0n) is 29.9. The van der Waals surface area contributed by atoms with Gasteiger partial charge in [-0.2, -0.15) is 0 Å². The molecule has 0 saturated carbocycles. The van der Waals surface area contributed by atoms with E-state index in [1.165, 1.54) is 30.5 Å². The van der Waals surface area contributed by atoms with Crippen LogP contribution in [0.2, 0.25) is 0 Å². The highest BCUT2D eigenvalue weighted by molar-refractivity contribution is 5.88. The van der Waals surface area contributed by atoms with Gasteiger partial charge in [-0.15, -0.1) is 0 Å². The van der Waals surface area contributed by atoms with Gasteiger partial charge in [0.2, 0.25) is 0 Å². The molecular weight excluding hydrogens is 703 g/mol. The molecule has 0 amide bonds. The second-order valence-corrected chi connectivity index (χ2v) is 11.5. The highest BCUT2D eigenvalue weighted by Gasteiger charge is 2.14. The van der Waals surface area contributed by atoms with Gasteiger partial charge in [0.15, 0.2) is 23.3 Å². The SMILES string of the molecule is CC.Cc1cc(-c2ncc(C)c(Nc3cc(C=N)c(N)cc3F)n2)ccc1F.Cc1cnc(-c2ccc(F)c(F)c2)nc1Nc1cc(C=N)c(N)cc1F. The fraction of sp³-hybridized carbons (Fsp3) is 0.128. The largest absolute Gasteiger partial charge is 0.398 e. The first-order chi connectivity index (χ1) is 25.8. The number of hydrogen-bond acceptors (Lipinski definition) is 10. The fourth-order valence-electron chi connectivity index (χ4n) is 4.74. The molecule has 0 radical (unpaired) electrons. The van der Waals surface area contributed by atoms with Gasteiger partial charge in [-0.05, 0) is 87.0 Å². The zero-order valence-corrected chi connectivity index (χ0v) is 29.9. The number of benzene rings is 4. The maximum atomic E-state index is 14.2. The van der Waals surface area contributed by atoms with Crippen molar-refractivity contribution in [2.45, 2.75) is 34.6 Å². The van der Waals surface area contributed by atoms with E-state index >= 15 is 0 Å². The lowest BCUT2D eigenvalue weighted by molar-refractivity contribution is 0.509. The third kappa shape index (κ3) is 9.36. The third-order valence-electron chi connectivity index (χ3n) is 7.70. The van der Waals surface area contributed by atoms with Gasteiger partial charge in [0, 0.05) is 69.6 Å². The van der Waals surface area contributed by atoms with E-state index in [9.17, 15) is 22.0 Å². The van der Waals surface area contributed by atoms with Crippen molar-refractivity contribution in [1.82, 2.24) is 19.9 Å². The smallest absolute Gasteiger partial charge is 0.161 e. The van der Waals surface area contributed by atoms with Crippen LogP contribution < -0.4 is 22.1 Å². The van der Waals surface area contributed by atoms with Crippen LogP contribution in [-0.4, -0.2) is 32.4 Å². The molecule has 2 aromatic heterocycles. The first kappa shape index (κ1) is 40.0. The molecule has 8 N–H and O–H groups in total. The quantitative estimate of drug-likeness (QED) is 0.0508. The summed E-state index contributed by atoms with van der Waals surface area (Å²) in [6.45, 7) is 9.16. The Labute approximate surface area is 308 Å². The minimum absolute atomic E-state index is 0.0794. The van der Waals surface area contributed by atoms with Crippen molar-refractivity contribution in [2.75, 3.05) is 22.1 Å². The van der Waals surface area contributed by atoms with Crippen molar-refractivity contribution in [3.63, 3.8) is 0 Å². The summed E-state index contributed by atoms with van der Waals surface area (Å²) in [7, 11) is 0. The number of nitrogen functional groups attached to an aromatic ring is 2. The number of aryl methyl sites for hydroxylation is 3. The van der Waals surface area contributed by atoms with Gasteiger partial charge < -0.3 is 32.9 Å². The maximum Gasteiger partial charge on any atom is 0.161 e. The van der Waals surface area contributed by atoms with E-state index in [2.05, 4.69) is 30.6 Å². The summed E-state index contributed by atoms with van der Waals surface area (Å²) >= 11 is 0. The third-order valence-corrected chi connectivity index (χ3v) is 7.70. The molecule has 278 valence electrons. The summed E-state index contributed by atoms with van der Waals surface area (Å²) < 4.78 is 68.4. The summed E-state index contributed by atoms with van der Waals surface area (Å²) in [5, 5.41) is 20.4. The van der Waals surface area contributed by atoms with E-state index in [1.54, 1.807) is 39.1 Å². The Morgan fingerprint density at radius 3 is 1.37 bits per heavy atom. The van der Waals surface area contributed by atoms with Gasteiger partial charge >= 0.3 is 0 Å². The van der Waals surface area contributed by atoms with Crippen LogP contribution in [0.25, 0.3) is 22.8 Å². The van der Waals surface area contributed by atoms with Gasteiger partial charge in [-0.25, -0.2) is 41.9 Å². The van der Waals surface area contributed by atoms with Gasteiger partial charge in [0.1, 0.15) is 29.1 Å². The Morgan fingerprint density at radius 2 is 0.963 bits per heavy atom. The molecule has 0 atom stereocenters. The lowest BCUT2D eigenvalue weighted by atomic mass is 10.1. The highest BCUT2D eigenvalue weighted by Crippen LogP contribution is 2.29. The molecule has 4 aromatic carbocycles. The molecule has 0 unspecified atom stereocenters. The fourth-order valence-corrected chi connectivity index (χ4v) is 4.74. The Morgan fingerprint density at radius 1 is 0.537 bits per heavy atom. The molecular formula is C39H37F5N10. The van der Waals surface area contributed by atoms with Crippen LogP contribution in [0.3, 0.4) is 0 Å². The molecule has 0 aliphatic rings. The lowest BCUT2D eigenvalue weighted by Crippen LogP contribution is -2.04. The van der Waals surface area contributed by atoms with Crippen LogP contribution in [-0.2, 0) is 0 Å². The van der Waals surface area contributed by atoms with Crippen LogP contribution in [0.4, 0.5) is 56.3 Å². The topological polar surface area (TPSA) is 175 Å². The van der Waals surface area contributed by atoms with Crippen molar-refractivity contribution in [3.8, 4) is 22.8 Å². The van der Waals surface area contributed by atoms with Crippen LogP contribution in [0.1, 0.15) is 41.7 Å². The van der Waals surface area contributed by atoms with Crippen LogP contribution >= 0.6 is 0 Å². The predicted molar refractivity (Wildman–Crippen MR) is 204 cm³/mol. The van der Waals surface area contributed by atoms with E-state index in [-0.39, 0.29) is 40.0 Å². The number of aromatic nitrogens is 4. The average Bonchev–Trinajstić information content (AvgIpc) is 3.15. The number of hydrogen-bond donors (Lipinski definition) is 6. The van der Waals surface area contributed by atoms with E-state index in [4.69, 9.17) is 22.3 Å². The average molecular weight is 741 g/mol. The van der Waals surface area contributed by atoms with Crippen LogP contribution in [0.15, 0.2) is 73.1 Å². The van der Waals surface area contributed by atoms with Crippen LogP contribution in [0, 0.1) is 60.7 Å². The standard InChI is InChI=1S/C19H17F2N5.C18H14F3N5.C2H6/c1-10-5-12(3-4-14(10)20)19-24-9-11(2)18(26-19)25-17-6-13(8-22)16(23)7-15(17)21;1-9-8-24-18(10-2-3-12(19)13(20)4-10)26-17(9)25-16-5-11(7-22)15(23)6-14(16)21;1-2/h3-9,22H,23H2,1-2H3,(H,24,25,26);2-8,22H,23H2,1H3,(H,24,25,26);1-2H3. The van der Waals surface area contributed by atoms with Crippen molar-refractivity contribution in [2.24, 2.45) is 0 Å². The minimum Gasteiger partial charge on any atom is -0.398 e. The zero-order chi connectivity index (χ0) is 39.7. The van der Waals surface area contributed by atoms with Crippen LogP contribution in [0.5, 0.6) is 0 Å². The number of nitrogens with two attached hydrogens (primary N) is 2. The minimum atomic E-state index is -1.01. The maximum absolute atomic E-state index is 14.2. The summed E-state index contributed by atoms with van der Waals surface area (Å²) in [5.41, 5.74) is 15.4. The molecule has 0 saturated heterocycles. The van der Waals surface area contributed by atoms with E-state index < -0.39 is 23.3 Å². The highest BCUT2D eigenvalue weighted by atomic mass is 19.2. The summed E-state index contributed by atoms with van der Waals surface area (Å²) in [6, 6.07) is 13.0. The monoisotopic (exact) mass is 740 g/mol. The number of nitrogens with one attached hydrogen (secondary N) is 4. The lowest BCUT2D eigenvalue weighted by Gasteiger charge is -2.12. The van der Waals surface area contributed by atoms with E-state index in [1.807, 2.05) is 13.8 Å². The molecule has 6 rings (SSSR count). The Kier molecular flexibility index (Phi) is 13.1. The van der Waals surface area contributed by atoms with Crippen molar-refractivity contribution >= 4 is 46.8 Å². The number of rotatable bonds is 8. The normalized spacial score (nSPS) is 10.3. The van der Waals surface area contributed by atoms with E-state index in [0.717, 1.165) is 36.7 Å². The van der Waals surface area contributed by atoms with Gasteiger partial charge in [-0.3, -0.25) is 0 Å². The molecule has 0 aliphatic heterocycles. The molecule has 0 bridgehead atoms. The van der Waals surface area contributed by atoms with Crippen molar-refractivity contribution in [3.05, 3.63) is 130 Å². The summed E-state index contributed by atoms with van der Waals surface area (Å²) in [6.07, 6.45) is 5.16. The second-order valence-electron chi connectivity index (χ2n) is 11.5. The number of halogens is 5. The molecule has 10 nitrogen and oxygen atoms in total. The van der Waals surface area contributed by atoms with Gasteiger partial charge in [0.05, 0.1) is 11.4 Å². The number of anilines is 6. The predicted octanol–water partition coefficient (Wildman–Crippen LogP) is 9.58.